The molecule has 1 aliphatic heterocycles. The number of nitrogens with zero attached hydrogens (tertiary/aromatic N) is 2. The van der Waals surface area contributed by atoms with Crippen molar-refractivity contribution < 1.29 is 14.3 Å². The van der Waals surface area contributed by atoms with Crippen molar-refractivity contribution in [2.75, 3.05) is 13.2 Å². The number of amides is 1. The molecule has 1 amide bonds. The molecule has 0 aliphatic carbocycles. The number of hydrogen-bond donors (Lipinski definition) is 1. The van der Waals surface area contributed by atoms with Crippen LogP contribution in [0.4, 0.5) is 0 Å². The van der Waals surface area contributed by atoms with Crippen molar-refractivity contribution in [3.63, 3.8) is 0 Å². The molecule has 3 aromatic rings. The molecule has 1 saturated heterocycles. The Balaban J connectivity index is 1.59. The number of aryl methyl sites for hydroxylation is 2. The minimum Gasteiger partial charge on any atom is -0.488 e. The van der Waals surface area contributed by atoms with Crippen molar-refractivity contribution in [1.82, 2.24) is 15.3 Å². The van der Waals surface area contributed by atoms with Crippen LogP contribution in [0.5, 0.6) is 5.75 Å². The summed E-state index contributed by atoms with van der Waals surface area (Å²) in [4.78, 5) is 23.0. The fourth-order valence-electron chi connectivity index (χ4n) is 3.31. The van der Waals surface area contributed by atoms with Crippen LogP contribution in [0.15, 0.2) is 42.7 Å². The minimum atomic E-state index is -0.163. The lowest BCUT2D eigenvalue weighted by Gasteiger charge is -2.17. The molecule has 4 rings (SSSR count). The Morgan fingerprint density at radius 1 is 1.23 bits per heavy atom. The molecule has 1 N–H and O–H groups in total. The van der Waals surface area contributed by atoms with Gasteiger partial charge in [-0.25, -0.2) is 4.98 Å². The molecule has 1 aromatic carbocycles. The Morgan fingerprint density at radius 2 is 2.10 bits per heavy atom. The Morgan fingerprint density at radius 3 is 2.77 bits per heavy atom. The van der Waals surface area contributed by atoms with E-state index < -0.39 is 0 Å². The maximum atomic E-state index is 13.0. The molecule has 2 atom stereocenters. The normalized spacial score (nSPS) is 17.0. The fraction of sp³-hybridized carbons (Fsp3) is 0.348. The number of aromatic nitrogens is 2. The summed E-state index contributed by atoms with van der Waals surface area (Å²) in [7, 11) is 0. The first-order valence-corrected chi connectivity index (χ1v) is 10.9. The number of carbonyl (C=O) groups is 1. The average molecular weight is 424 g/mol. The van der Waals surface area contributed by atoms with Crippen molar-refractivity contribution in [3.05, 3.63) is 64.4 Å². The van der Waals surface area contributed by atoms with Gasteiger partial charge in [0.2, 0.25) is 0 Å². The number of benzene rings is 1. The molecule has 0 saturated carbocycles. The highest BCUT2D eigenvalue weighted by molar-refractivity contribution is 7.14. The van der Waals surface area contributed by atoms with Crippen molar-refractivity contribution in [2.24, 2.45) is 0 Å². The standard InChI is InChI=1S/C23H25N3O3S/c1-14-4-5-17(12-24-14)16(3)26-22(27)18-8-19(23-25-11-15(2)30-23)10-21(9-18)29-20-6-7-28-13-20/h4-5,8-12,16,20H,6-7,13H2,1-3H3,(H,26,27)/t16-,20-/m1/s1. The molecule has 30 heavy (non-hydrogen) atoms. The average Bonchev–Trinajstić information content (AvgIpc) is 3.40. The van der Waals surface area contributed by atoms with Gasteiger partial charge in [-0.1, -0.05) is 6.07 Å². The molecule has 156 valence electrons. The molecule has 2 aromatic heterocycles. The van der Waals surface area contributed by atoms with Crippen molar-refractivity contribution >= 4 is 17.2 Å². The van der Waals surface area contributed by atoms with E-state index in [1.54, 1.807) is 23.6 Å². The largest absolute Gasteiger partial charge is 0.488 e. The van der Waals surface area contributed by atoms with Gasteiger partial charge in [0.05, 0.1) is 19.3 Å². The van der Waals surface area contributed by atoms with Gasteiger partial charge in [0, 0.05) is 40.5 Å². The highest BCUT2D eigenvalue weighted by atomic mass is 32.1. The van der Waals surface area contributed by atoms with E-state index in [4.69, 9.17) is 9.47 Å². The molecule has 1 fully saturated rings. The van der Waals surface area contributed by atoms with Gasteiger partial charge >= 0.3 is 0 Å². The van der Waals surface area contributed by atoms with Gasteiger partial charge in [-0.05, 0) is 50.6 Å². The van der Waals surface area contributed by atoms with Gasteiger partial charge in [-0.2, -0.15) is 0 Å². The van der Waals surface area contributed by atoms with Crippen LogP contribution in [0, 0.1) is 13.8 Å². The van der Waals surface area contributed by atoms with Crippen LogP contribution in [0.1, 0.15) is 45.9 Å². The van der Waals surface area contributed by atoms with Crippen LogP contribution >= 0.6 is 11.3 Å². The van der Waals surface area contributed by atoms with E-state index >= 15 is 0 Å². The lowest BCUT2D eigenvalue weighted by atomic mass is 10.1. The number of nitrogens with one attached hydrogen (secondary N) is 1. The van der Waals surface area contributed by atoms with Gasteiger partial charge in [-0.3, -0.25) is 9.78 Å². The molecule has 0 bridgehead atoms. The van der Waals surface area contributed by atoms with E-state index in [0.717, 1.165) is 33.1 Å². The van der Waals surface area contributed by atoms with Crippen LogP contribution in [-0.2, 0) is 4.74 Å². The maximum Gasteiger partial charge on any atom is 0.251 e. The smallest absolute Gasteiger partial charge is 0.251 e. The van der Waals surface area contributed by atoms with E-state index in [1.165, 1.54) is 0 Å². The molecule has 7 heteroatoms. The quantitative estimate of drug-likeness (QED) is 0.633. The Kier molecular flexibility index (Phi) is 6.11. The SMILES string of the molecule is Cc1ccc([C@@H](C)NC(=O)c2cc(O[C@@H]3CCOC3)cc(-c3ncc(C)s3)c2)cn1. The van der Waals surface area contributed by atoms with Crippen molar-refractivity contribution in [2.45, 2.75) is 39.3 Å². The molecule has 3 heterocycles. The van der Waals surface area contributed by atoms with E-state index in [0.29, 0.717) is 24.5 Å². The molecular weight excluding hydrogens is 398 g/mol. The van der Waals surface area contributed by atoms with Gasteiger partial charge < -0.3 is 14.8 Å². The summed E-state index contributed by atoms with van der Waals surface area (Å²) in [6.07, 6.45) is 4.49. The van der Waals surface area contributed by atoms with Crippen molar-refractivity contribution in [3.8, 4) is 16.3 Å². The third-order valence-corrected chi connectivity index (χ3v) is 5.97. The summed E-state index contributed by atoms with van der Waals surface area (Å²) < 4.78 is 11.5. The second-order valence-electron chi connectivity index (χ2n) is 7.55. The Hall–Kier alpha value is -2.77. The van der Waals surface area contributed by atoms with Crippen LogP contribution in [0.2, 0.25) is 0 Å². The minimum absolute atomic E-state index is 0.00625. The summed E-state index contributed by atoms with van der Waals surface area (Å²) in [6.45, 7) is 7.18. The first kappa shape index (κ1) is 20.5. The summed E-state index contributed by atoms with van der Waals surface area (Å²) >= 11 is 1.59. The number of thiazole rings is 1. The van der Waals surface area contributed by atoms with Crippen LogP contribution < -0.4 is 10.1 Å². The maximum absolute atomic E-state index is 13.0. The molecule has 0 unspecified atom stereocenters. The van der Waals surface area contributed by atoms with E-state index in [-0.39, 0.29) is 18.1 Å². The lowest BCUT2D eigenvalue weighted by molar-refractivity contribution is 0.0938. The molecule has 6 nitrogen and oxygen atoms in total. The third-order valence-electron chi connectivity index (χ3n) is 5.01. The topological polar surface area (TPSA) is 73.3 Å². The number of pyridine rings is 1. The van der Waals surface area contributed by atoms with E-state index in [9.17, 15) is 4.79 Å². The molecule has 0 spiro atoms. The first-order chi connectivity index (χ1) is 14.5. The van der Waals surface area contributed by atoms with Crippen LogP contribution in [-0.4, -0.2) is 35.2 Å². The van der Waals surface area contributed by atoms with Crippen LogP contribution in [0.25, 0.3) is 10.6 Å². The van der Waals surface area contributed by atoms with E-state index in [1.807, 2.05) is 51.2 Å². The number of ether oxygens (including phenoxy) is 2. The van der Waals surface area contributed by atoms with Gasteiger partial charge in [-0.15, -0.1) is 11.3 Å². The Bertz CT molecular complexity index is 1030. The second kappa shape index (κ2) is 8.93. The Labute approximate surface area is 180 Å². The predicted octanol–water partition coefficient (Wildman–Crippen LogP) is 4.48. The zero-order chi connectivity index (χ0) is 21.1. The summed E-state index contributed by atoms with van der Waals surface area (Å²) in [5.74, 6) is 0.497. The molecule has 1 aliphatic rings. The zero-order valence-electron chi connectivity index (χ0n) is 17.3. The van der Waals surface area contributed by atoms with E-state index in [2.05, 4.69) is 15.3 Å². The fourth-order valence-corrected chi connectivity index (χ4v) is 4.06. The zero-order valence-corrected chi connectivity index (χ0v) is 18.2. The number of carbonyl (C=O) groups excluding carboxylic acids is 1. The summed E-state index contributed by atoms with van der Waals surface area (Å²) in [5, 5.41) is 3.93. The number of rotatable bonds is 6. The van der Waals surface area contributed by atoms with Gasteiger partial charge in [0.25, 0.3) is 5.91 Å². The summed E-state index contributed by atoms with van der Waals surface area (Å²) in [6, 6.07) is 9.36. The van der Waals surface area contributed by atoms with Gasteiger partial charge in [0.1, 0.15) is 16.9 Å². The highest BCUT2D eigenvalue weighted by Crippen LogP contribution is 2.30. The number of hydrogen-bond acceptors (Lipinski definition) is 6. The molecule has 0 radical (unpaired) electrons. The molecular formula is C23H25N3O3S. The van der Waals surface area contributed by atoms with Crippen LogP contribution in [0.3, 0.4) is 0 Å². The predicted molar refractivity (Wildman–Crippen MR) is 117 cm³/mol. The third kappa shape index (κ3) is 4.86. The first-order valence-electron chi connectivity index (χ1n) is 10.0. The highest BCUT2D eigenvalue weighted by Gasteiger charge is 2.20. The summed E-state index contributed by atoms with van der Waals surface area (Å²) in [5.41, 5.74) is 3.32. The van der Waals surface area contributed by atoms with Crippen molar-refractivity contribution in [1.29, 1.82) is 0 Å². The second-order valence-corrected chi connectivity index (χ2v) is 8.79. The van der Waals surface area contributed by atoms with Gasteiger partial charge in [0.15, 0.2) is 0 Å². The lowest BCUT2D eigenvalue weighted by Crippen LogP contribution is -2.27. The monoisotopic (exact) mass is 423 g/mol.